The predicted molar refractivity (Wildman–Crippen MR) is 123 cm³/mol. The van der Waals surface area contributed by atoms with Crippen LogP contribution in [-0.2, 0) is 25.8 Å². The highest BCUT2D eigenvalue weighted by Gasteiger charge is 2.22. The molecule has 5 rings (SSSR count). The Morgan fingerprint density at radius 1 is 1.07 bits per heavy atom. The lowest BCUT2D eigenvalue weighted by Crippen LogP contribution is -2.47. The Hall–Kier alpha value is -2.25. The Balaban J connectivity index is 1.25. The second-order valence-corrected chi connectivity index (χ2v) is 9.11. The van der Waals surface area contributed by atoms with E-state index in [0.29, 0.717) is 0 Å². The van der Waals surface area contributed by atoms with E-state index >= 15 is 0 Å². The molecular formula is C23H29N5OS. The summed E-state index contributed by atoms with van der Waals surface area (Å²) in [4.78, 5) is 22.8. The van der Waals surface area contributed by atoms with E-state index in [9.17, 15) is 4.79 Å². The number of aromatic nitrogens is 3. The molecule has 4 heterocycles. The largest absolute Gasteiger partial charge is 0.353 e. The fourth-order valence-corrected chi connectivity index (χ4v) is 5.55. The standard InChI is InChI=1S/C23H29N5OS/c1-2-19-17(23(29)28-11-6-5-9-21(28)24-19)10-12-26-13-15-27(16-14-26)22-18-7-3-4-8-20(18)30-25-22/h3-4,7-8H,2,5-6,9-16H2,1H3. The van der Waals surface area contributed by atoms with E-state index in [1.165, 1.54) is 10.1 Å². The molecule has 0 spiro atoms. The number of anilines is 1. The van der Waals surface area contributed by atoms with Crippen LogP contribution < -0.4 is 10.5 Å². The second-order valence-electron chi connectivity index (χ2n) is 8.30. The molecule has 158 valence electrons. The molecule has 1 fully saturated rings. The Morgan fingerprint density at radius 3 is 2.73 bits per heavy atom. The smallest absolute Gasteiger partial charge is 0.256 e. The van der Waals surface area contributed by atoms with Crippen LogP contribution in [-0.4, -0.2) is 51.5 Å². The van der Waals surface area contributed by atoms with Gasteiger partial charge in [0.2, 0.25) is 0 Å². The Morgan fingerprint density at radius 2 is 1.90 bits per heavy atom. The number of hydrogen-bond acceptors (Lipinski definition) is 6. The van der Waals surface area contributed by atoms with Crippen LogP contribution in [0, 0.1) is 0 Å². The summed E-state index contributed by atoms with van der Waals surface area (Å²) in [6.45, 7) is 7.85. The highest BCUT2D eigenvalue weighted by atomic mass is 32.1. The van der Waals surface area contributed by atoms with Gasteiger partial charge in [-0.05, 0) is 49.3 Å². The monoisotopic (exact) mass is 423 g/mol. The highest BCUT2D eigenvalue weighted by molar-refractivity contribution is 7.13. The molecular weight excluding hydrogens is 394 g/mol. The summed E-state index contributed by atoms with van der Waals surface area (Å²) in [6, 6.07) is 8.48. The lowest BCUT2D eigenvalue weighted by atomic mass is 10.1. The van der Waals surface area contributed by atoms with Crippen LogP contribution in [0.25, 0.3) is 10.1 Å². The lowest BCUT2D eigenvalue weighted by Gasteiger charge is -2.35. The minimum Gasteiger partial charge on any atom is -0.353 e. The maximum atomic E-state index is 13.1. The van der Waals surface area contributed by atoms with E-state index in [1.54, 1.807) is 11.5 Å². The van der Waals surface area contributed by atoms with Crippen LogP contribution in [0.4, 0.5) is 5.82 Å². The van der Waals surface area contributed by atoms with Crippen molar-refractivity contribution in [1.82, 2.24) is 18.8 Å². The molecule has 0 atom stereocenters. The number of fused-ring (bicyclic) bond motifs is 2. The third kappa shape index (κ3) is 3.65. The van der Waals surface area contributed by atoms with Gasteiger partial charge in [-0.3, -0.25) is 14.3 Å². The highest BCUT2D eigenvalue weighted by Crippen LogP contribution is 2.29. The first-order valence-corrected chi connectivity index (χ1v) is 11.9. The summed E-state index contributed by atoms with van der Waals surface area (Å²) < 4.78 is 7.90. The fourth-order valence-electron chi connectivity index (χ4n) is 4.76. The average molecular weight is 424 g/mol. The fraction of sp³-hybridized carbons (Fsp3) is 0.522. The predicted octanol–water partition coefficient (Wildman–Crippen LogP) is 3.12. The molecule has 6 nitrogen and oxygen atoms in total. The maximum Gasteiger partial charge on any atom is 0.256 e. The average Bonchev–Trinajstić information content (AvgIpc) is 3.23. The van der Waals surface area contributed by atoms with Crippen molar-refractivity contribution in [2.45, 2.75) is 45.6 Å². The quantitative estimate of drug-likeness (QED) is 0.631. The molecule has 0 unspecified atom stereocenters. The zero-order valence-electron chi connectivity index (χ0n) is 17.6. The van der Waals surface area contributed by atoms with Gasteiger partial charge in [0.25, 0.3) is 5.56 Å². The van der Waals surface area contributed by atoms with Crippen molar-refractivity contribution >= 4 is 27.4 Å². The Labute approximate surface area is 181 Å². The molecule has 1 saturated heterocycles. The van der Waals surface area contributed by atoms with Gasteiger partial charge in [-0.1, -0.05) is 19.1 Å². The van der Waals surface area contributed by atoms with Crippen molar-refractivity contribution < 1.29 is 0 Å². The van der Waals surface area contributed by atoms with Crippen molar-refractivity contribution in [3.05, 3.63) is 51.7 Å². The van der Waals surface area contributed by atoms with Crippen LogP contribution in [0.2, 0.25) is 0 Å². The summed E-state index contributed by atoms with van der Waals surface area (Å²) in [7, 11) is 0. The molecule has 0 bridgehead atoms. The number of hydrogen-bond donors (Lipinski definition) is 0. The van der Waals surface area contributed by atoms with Gasteiger partial charge in [-0.25, -0.2) is 4.98 Å². The van der Waals surface area contributed by atoms with Gasteiger partial charge in [-0.15, -0.1) is 0 Å². The van der Waals surface area contributed by atoms with Crippen LogP contribution in [0.5, 0.6) is 0 Å². The molecule has 3 aromatic rings. The van der Waals surface area contributed by atoms with Crippen LogP contribution >= 0.6 is 11.5 Å². The summed E-state index contributed by atoms with van der Waals surface area (Å²) in [5, 5.41) is 1.26. The zero-order valence-corrected chi connectivity index (χ0v) is 18.5. The van der Waals surface area contributed by atoms with Gasteiger partial charge in [0.15, 0.2) is 0 Å². The first kappa shape index (κ1) is 19.7. The van der Waals surface area contributed by atoms with Gasteiger partial charge in [-0.2, -0.15) is 4.37 Å². The molecule has 2 aliphatic heterocycles. The zero-order chi connectivity index (χ0) is 20.5. The lowest BCUT2D eigenvalue weighted by molar-refractivity contribution is 0.260. The number of aryl methyl sites for hydroxylation is 2. The van der Waals surface area contributed by atoms with Crippen molar-refractivity contribution in [1.29, 1.82) is 0 Å². The van der Waals surface area contributed by atoms with Gasteiger partial charge in [0.1, 0.15) is 11.6 Å². The minimum atomic E-state index is 0.212. The summed E-state index contributed by atoms with van der Waals surface area (Å²) >= 11 is 1.58. The summed E-state index contributed by atoms with van der Waals surface area (Å²) in [5.74, 6) is 2.12. The molecule has 0 saturated carbocycles. The Kier molecular flexibility index (Phi) is 5.56. The van der Waals surface area contributed by atoms with E-state index in [-0.39, 0.29) is 5.56 Å². The molecule has 0 amide bonds. The van der Waals surface area contributed by atoms with Crippen LogP contribution in [0.1, 0.15) is 36.8 Å². The summed E-state index contributed by atoms with van der Waals surface area (Å²) in [6.07, 6.45) is 4.81. The van der Waals surface area contributed by atoms with E-state index in [0.717, 1.165) is 94.3 Å². The molecule has 0 radical (unpaired) electrons. The molecule has 2 aliphatic rings. The topological polar surface area (TPSA) is 54.3 Å². The van der Waals surface area contributed by atoms with E-state index in [1.807, 2.05) is 4.57 Å². The molecule has 0 N–H and O–H groups in total. The number of benzene rings is 1. The van der Waals surface area contributed by atoms with Gasteiger partial charge < -0.3 is 4.90 Å². The number of rotatable bonds is 5. The molecule has 0 aliphatic carbocycles. The van der Waals surface area contributed by atoms with Gasteiger partial charge >= 0.3 is 0 Å². The van der Waals surface area contributed by atoms with Crippen LogP contribution in [0.3, 0.4) is 0 Å². The maximum absolute atomic E-state index is 13.1. The SMILES string of the molecule is CCc1nc2n(c(=O)c1CCN1CCN(c3nsc4ccccc34)CC1)CCCC2. The number of piperazine rings is 1. The molecule has 2 aromatic heterocycles. The van der Waals surface area contributed by atoms with Crippen molar-refractivity contribution in [3.63, 3.8) is 0 Å². The second kappa shape index (κ2) is 8.47. The molecule has 1 aromatic carbocycles. The minimum absolute atomic E-state index is 0.212. The van der Waals surface area contributed by atoms with E-state index in [2.05, 4.69) is 41.0 Å². The first-order chi connectivity index (χ1) is 14.7. The third-order valence-electron chi connectivity index (χ3n) is 6.50. The third-order valence-corrected chi connectivity index (χ3v) is 7.32. The van der Waals surface area contributed by atoms with E-state index in [4.69, 9.17) is 9.36 Å². The van der Waals surface area contributed by atoms with Gasteiger partial charge in [0.05, 0.1) is 10.4 Å². The van der Waals surface area contributed by atoms with Crippen molar-refractivity contribution in [2.75, 3.05) is 37.6 Å². The van der Waals surface area contributed by atoms with Crippen LogP contribution in [0.15, 0.2) is 29.1 Å². The normalized spacial score (nSPS) is 17.4. The first-order valence-electron chi connectivity index (χ1n) is 11.2. The molecule has 7 heteroatoms. The Bertz CT molecular complexity index is 1100. The summed E-state index contributed by atoms with van der Waals surface area (Å²) in [5.41, 5.74) is 2.17. The van der Waals surface area contributed by atoms with E-state index < -0.39 is 0 Å². The van der Waals surface area contributed by atoms with Crippen molar-refractivity contribution in [2.24, 2.45) is 0 Å². The van der Waals surface area contributed by atoms with Gasteiger partial charge in [0, 0.05) is 56.6 Å². The van der Waals surface area contributed by atoms with Crippen molar-refractivity contribution in [3.8, 4) is 0 Å². The molecule has 30 heavy (non-hydrogen) atoms. The number of nitrogens with zero attached hydrogens (tertiary/aromatic N) is 5.